The molecule has 2 nitrogen and oxygen atoms in total. The van der Waals surface area contributed by atoms with E-state index in [1.54, 1.807) is 31.2 Å². The number of benzene rings is 1. The van der Waals surface area contributed by atoms with Crippen molar-refractivity contribution in [1.82, 2.24) is 5.32 Å². The highest BCUT2D eigenvalue weighted by Gasteiger charge is 2.32. The molecule has 0 aromatic heterocycles. The number of nitrogens with one attached hydrogen (secondary N) is 1. The van der Waals surface area contributed by atoms with Crippen LogP contribution in [0.25, 0.3) is 0 Å². The Morgan fingerprint density at radius 1 is 1.37 bits per heavy atom. The molecule has 5 heteroatoms. The highest BCUT2D eigenvalue weighted by Crippen LogP contribution is 2.32. The lowest BCUT2D eigenvalue weighted by molar-refractivity contribution is -0.140. The monoisotopic (exact) mass is 273 g/mol. The molecule has 0 aliphatic heterocycles. The normalized spacial score (nSPS) is 17.3. The van der Waals surface area contributed by atoms with Crippen LogP contribution in [0.4, 0.5) is 13.2 Å². The largest absolute Gasteiger partial charge is 0.490 e. The summed E-state index contributed by atoms with van der Waals surface area (Å²) in [7, 11) is 0. The molecule has 0 radical (unpaired) electrons. The maximum Gasteiger partial charge on any atom is 0.390 e. The van der Waals surface area contributed by atoms with Gasteiger partial charge in [0.2, 0.25) is 0 Å². The Balaban J connectivity index is 2.10. The quantitative estimate of drug-likeness (QED) is 0.850. The summed E-state index contributed by atoms with van der Waals surface area (Å²) < 4.78 is 43.3. The molecule has 1 N–H and O–H groups in total. The van der Waals surface area contributed by atoms with E-state index < -0.39 is 18.6 Å². The zero-order chi connectivity index (χ0) is 13.9. The van der Waals surface area contributed by atoms with Gasteiger partial charge in [-0.1, -0.05) is 19.1 Å². The standard InChI is InChI=1S/C14H18F3NO/c1-2-18-13(9-14(15,16)17)10-4-3-5-12(8-10)19-11-6-7-11/h3-5,8,11,13,18H,2,6-7,9H2,1H3. The second-order valence-electron chi connectivity index (χ2n) is 4.82. The van der Waals surface area contributed by atoms with Crippen molar-refractivity contribution in [2.24, 2.45) is 0 Å². The molecular weight excluding hydrogens is 255 g/mol. The third-order valence-corrected chi connectivity index (χ3v) is 2.97. The summed E-state index contributed by atoms with van der Waals surface area (Å²) in [6.45, 7) is 2.29. The van der Waals surface area contributed by atoms with Crippen LogP contribution < -0.4 is 10.1 Å². The van der Waals surface area contributed by atoms with Crippen molar-refractivity contribution < 1.29 is 17.9 Å². The third-order valence-electron chi connectivity index (χ3n) is 2.97. The van der Waals surface area contributed by atoms with Gasteiger partial charge < -0.3 is 10.1 Å². The summed E-state index contributed by atoms with van der Waals surface area (Å²) >= 11 is 0. The first-order chi connectivity index (χ1) is 8.98. The predicted molar refractivity (Wildman–Crippen MR) is 67.2 cm³/mol. The number of alkyl halides is 3. The van der Waals surface area contributed by atoms with Crippen molar-refractivity contribution in [2.75, 3.05) is 6.54 Å². The number of hydrogen-bond acceptors (Lipinski definition) is 2. The SMILES string of the molecule is CCNC(CC(F)(F)F)c1cccc(OC2CC2)c1. The lowest BCUT2D eigenvalue weighted by Crippen LogP contribution is -2.26. The zero-order valence-corrected chi connectivity index (χ0v) is 10.8. The van der Waals surface area contributed by atoms with Crippen molar-refractivity contribution in [3.8, 4) is 5.75 Å². The van der Waals surface area contributed by atoms with Gasteiger partial charge in [0.15, 0.2) is 0 Å². The molecule has 1 aromatic carbocycles. The van der Waals surface area contributed by atoms with Gasteiger partial charge in [-0.25, -0.2) is 0 Å². The van der Waals surface area contributed by atoms with Crippen LogP contribution in [-0.2, 0) is 0 Å². The molecule has 1 atom stereocenters. The molecule has 1 aromatic rings. The Morgan fingerprint density at radius 2 is 2.11 bits per heavy atom. The second kappa shape index (κ2) is 5.82. The van der Waals surface area contributed by atoms with Gasteiger partial charge in [-0.15, -0.1) is 0 Å². The molecule has 0 amide bonds. The fourth-order valence-electron chi connectivity index (χ4n) is 1.97. The van der Waals surface area contributed by atoms with Crippen molar-refractivity contribution in [2.45, 2.75) is 44.5 Å². The first-order valence-electron chi connectivity index (χ1n) is 6.54. The number of halogens is 3. The molecule has 19 heavy (non-hydrogen) atoms. The van der Waals surface area contributed by atoms with Gasteiger partial charge in [-0.3, -0.25) is 0 Å². The van der Waals surface area contributed by atoms with Gasteiger partial charge in [-0.05, 0) is 37.1 Å². The smallest absolute Gasteiger partial charge is 0.390 e. The maximum atomic E-state index is 12.6. The molecular formula is C14H18F3NO. The molecule has 1 aliphatic carbocycles. The first-order valence-corrected chi connectivity index (χ1v) is 6.54. The van der Waals surface area contributed by atoms with Gasteiger partial charge >= 0.3 is 6.18 Å². The predicted octanol–water partition coefficient (Wildman–Crippen LogP) is 3.83. The third kappa shape index (κ3) is 4.74. The Bertz CT molecular complexity index is 415. The van der Waals surface area contributed by atoms with Crippen LogP contribution >= 0.6 is 0 Å². The van der Waals surface area contributed by atoms with Crippen LogP contribution in [0.2, 0.25) is 0 Å². The molecule has 1 unspecified atom stereocenters. The topological polar surface area (TPSA) is 21.3 Å². The van der Waals surface area contributed by atoms with E-state index in [4.69, 9.17) is 4.74 Å². The van der Waals surface area contributed by atoms with Crippen molar-refractivity contribution in [1.29, 1.82) is 0 Å². The Morgan fingerprint density at radius 3 is 2.68 bits per heavy atom. The maximum absolute atomic E-state index is 12.6. The summed E-state index contributed by atoms with van der Waals surface area (Å²) in [5, 5.41) is 2.88. The summed E-state index contributed by atoms with van der Waals surface area (Å²) in [4.78, 5) is 0. The minimum Gasteiger partial charge on any atom is -0.490 e. The first kappa shape index (κ1) is 14.2. The second-order valence-corrected chi connectivity index (χ2v) is 4.82. The zero-order valence-electron chi connectivity index (χ0n) is 10.8. The molecule has 106 valence electrons. The number of ether oxygens (including phenoxy) is 1. The van der Waals surface area contributed by atoms with Gasteiger partial charge in [0.05, 0.1) is 12.5 Å². The molecule has 0 spiro atoms. The lowest BCUT2D eigenvalue weighted by Gasteiger charge is -2.20. The average molecular weight is 273 g/mol. The summed E-state index contributed by atoms with van der Waals surface area (Å²) in [6, 6.07) is 6.23. The highest BCUT2D eigenvalue weighted by molar-refractivity contribution is 5.31. The van der Waals surface area contributed by atoms with E-state index in [1.165, 1.54) is 0 Å². The minimum absolute atomic E-state index is 0.246. The van der Waals surface area contributed by atoms with Crippen molar-refractivity contribution in [3.05, 3.63) is 29.8 Å². The Kier molecular flexibility index (Phi) is 4.34. The van der Waals surface area contributed by atoms with E-state index in [0.29, 0.717) is 17.9 Å². The lowest BCUT2D eigenvalue weighted by atomic mass is 10.0. The van der Waals surface area contributed by atoms with Gasteiger partial charge in [0, 0.05) is 6.04 Å². The molecule has 0 bridgehead atoms. The fraction of sp³-hybridized carbons (Fsp3) is 0.571. The molecule has 2 rings (SSSR count). The van der Waals surface area contributed by atoms with E-state index in [2.05, 4.69) is 5.32 Å². The molecule has 0 saturated heterocycles. The molecule has 1 fully saturated rings. The molecule has 1 aliphatic rings. The Hall–Kier alpha value is -1.23. The van der Waals surface area contributed by atoms with Gasteiger partial charge in [0.1, 0.15) is 5.75 Å². The fourth-order valence-corrected chi connectivity index (χ4v) is 1.97. The minimum atomic E-state index is -4.18. The van der Waals surface area contributed by atoms with Crippen LogP contribution in [0.1, 0.15) is 37.8 Å². The number of rotatable bonds is 6. The van der Waals surface area contributed by atoms with E-state index in [0.717, 1.165) is 12.8 Å². The summed E-state index contributed by atoms with van der Waals surface area (Å²) in [5.41, 5.74) is 0.623. The molecule has 0 heterocycles. The van der Waals surface area contributed by atoms with Crippen molar-refractivity contribution >= 4 is 0 Å². The van der Waals surface area contributed by atoms with Gasteiger partial charge in [-0.2, -0.15) is 13.2 Å². The number of hydrogen-bond donors (Lipinski definition) is 1. The van der Waals surface area contributed by atoms with Crippen LogP contribution in [0.3, 0.4) is 0 Å². The van der Waals surface area contributed by atoms with E-state index in [9.17, 15) is 13.2 Å². The van der Waals surface area contributed by atoms with Crippen LogP contribution in [-0.4, -0.2) is 18.8 Å². The van der Waals surface area contributed by atoms with Crippen LogP contribution in [0.15, 0.2) is 24.3 Å². The summed E-state index contributed by atoms with van der Waals surface area (Å²) in [5.74, 6) is 0.657. The average Bonchev–Trinajstić information content (AvgIpc) is 3.11. The van der Waals surface area contributed by atoms with Crippen molar-refractivity contribution in [3.63, 3.8) is 0 Å². The highest BCUT2D eigenvalue weighted by atomic mass is 19.4. The van der Waals surface area contributed by atoms with Crippen LogP contribution in [0.5, 0.6) is 5.75 Å². The molecule has 1 saturated carbocycles. The van der Waals surface area contributed by atoms with E-state index in [-0.39, 0.29) is 6.10 Å². The Labute approximate surface area is 111 Å². The van der Waals surface area contributed by atoms with E-state index in [1.807, 2.05) is 0 Å². The summed E-state index contributed by atoms with van der Waals surface area (Å²) in [6.07, 6.45) is -2.74. The van der Waals surface area contributed by atoms with E-state index >= 15 is 0 Å². The van der Waals surface area contributed by atoms with Crippen LogP contribution in [0, 0.1) is 0 Å². The van der Waals surface area contributed by atoms with Gasteiger partial charge in [0.25, 0.3) is 0 Å².